The Balaban J connectivity index is 2.29. The van der Waals surface area contributed by atoms with E-state index in [-0.39, 0.29) is 24.6 Å². The van der Waals surface area contributed by atoms with Crippen molar-refractivity contribution in [2.24, 2.45) is 0 Å². The molecule has 2 atom stereocenters. The maximum absolute atomic E-state index is 12.4. The van der Waals surface area contributed by atoms with E-state index >= 15 is 0 Å². The van der Waals surface area contributed by atoms with Crippen LogP contribution >= 0.6 is 0 Å². The van der Waals surface area contributed by atoms with E-state index in [0.717, 1.165) is 0 Å². The van der Waals surface area contributed by atoms with Crippen LogP contribution in [-0.4, -0.2) is 48.7 Å². The number of aliphatic hydroxyl groups is 1. The highest BCUT2D eigenvalue weighted by atomic mass is 16.5. The van der Waals surface area contributed by atoms with Crippen LogP contribution in [0.5, 0.6) is 5.75 Å². The minimum atomic E-state index is -0.855. The monoisotopic (exact) mass is 295 g/mol. The average Bonchev–Trinajstić information content (AvgIpc) is 2.74. The molecule has 0 spiro atoms. The summed E-state index contributed by atoms with van der Waals surface area (Å²) in [6.45, 7) is 2.28. The molecule has 2 N–H and O–H groups in total. The average molecular weight is 295 g/mol. The molecule has 0 aliphatic carbocycles. The Labute approximate surface area is 120 Å². The standard InChI is InChI=1S/C13H17N3O5/c1-13(6-20-2)14-12(19)10-11(21-3)8(17)4-7-9(18)5-15(13)16(7)10/h4,9,18H,5-6H2,1-3H3,(H,14,19). The van der Waals surface area contributed by atoms with Gasteiger partial charge in [-0.15, -0.1) is 0 Å². The predicted molar refractivity (Wildman–Crippen MR) is 73.0 cm³/mol. The van der Waals surface area contributed by atoms with Gasteiger partial charge in [-0.25, -0.2) is 4.68 Å². The highest BCUT2D eigenvalue weighted by Gasteiger charge is 2.47. The quantitative estimate of drug-likeness (QED) is 0.739. The van der Waals surface area contributed by atoms with E-state index in [2.05, 4.69) is 5.32 Å². The molecule has 8 heteroatoms. The van der Waals surface area contributed by atoms with E-state index in [9.17, 15) is 14.7 Å². The minimum absolute atomic E-state index is 0.0326. The first-order valence-corrected chi connectivity index (χ1v) is 6.54. The summed E-state index contributed by atoms with van der Waals surface area (Å²) >= 11 is 0. The molecule has 0 radical (unpaired) electrons. The van der Waals surface area contributed by atoms with Crippen LogP contribution in [0.3, 0.4) is 0 Å². The van der Waals surface area contributed by atoms with Gasteiger partial charge in [0.1, 0.15) is 11.8 Å². The SMILES string of the molecule is COCC1(C)NC(=O)c2c(OC)c(=O)cc3n2N1CC3O. The van der Waals surface area contributed by atoms with Crippen LogP contribution in [0.25, 0.3) is 0 Å². The lowest BCUT2D eigenvalue weighted by atomic mass is 10.1. The van der Waals surface area contributed by atoms with Crippen LogP contribution in [0.4, 0.5) is 0 Å². The normalized spacial score (nSPS) is 26.6. The molecule has 21 heavy (non-hydrogen) atoms. The fourth-order valence-corrected chi connectivity index (χ4v) is 3.02. The summed E-state index contributed by atoms with van der Waals surface area (Å²) in [4.78, 5) is 24.5. The predicted octanol–water partition coefficient (Wildman–Crippen LogP) is -1.05. The first kappa shape index (κ1) is 13.9. The number of hydrogen-bond acceptors (Lipinski definition) is 6. The Bertz CT molecular complexity index is 671. The third-order valence-electron chi connectivity index (χ3n) is 3.90. The van der Waals surface area contributed by atoms with Crippen molar-refractivity contribution >= 4 is 5.91 Å². The summed E-state index contributed by atoms with van der Waals surface area (Å²) in [5, 5.41) is 14.8. The van der Waals surface area contributed by atoms with E-state index in [1.54, 1.807) is 16.6 Å². The first-order chi connectivity index (χ1) is 9.92. The maximum atomic E-state index is 12.4. The molecule has 2 aliphatic rings. The fourth-order valence-electron chi connectivity index (χ4n) is 3.02. The highest BCUT2D eigenvalue weighted by molar-refractivity contribution is 5.97. The molecule has 8 nitrogen and oxygen atoms in total. The lowest BCUT2D eigenvalue weighted by molar-refractivity contribution is 0.0639. The van der Waals surface area contributed by atoms with Gasteiger partial charge >= 0.3 is 0 Å². The zero-order valence-electron chi connectivity index (χ0n) is 12.0. The van der Waals surface area contributed by atoms with E-state index in [0.29, 0.717) is 5.69 Å². The number of aliphatic hydroxyl groups excluding tert-OH is 1. The second-order valence-corrected chi connectivity index (χ2v) is 5.39. The number of ether oxygens (including phenoxy) is 2. The van der Waals surface area contributed by atoms with Crippen molar-refractivity contribution in [1.29, 1.82) is 0 Å². The number of methoxy groups -OCH3 is 2. The van der Waals surface area contributed by atoms with Crippen LogP contribution in [0, 0.1) is 0 Å². The molecule has 0 fully saturated rings. The molecular weight excluding hydrogens is 278 g/mol. The Morgan fingerprint density at radius 1 is 1.48 bits per heavy atom. The van der Waals surface area contributed by atoms with Crippen molar-refractivity contribution in [1.82, 2.24) is 9.99 Å². The third-order valence-corrected chi connectivity index (χ3v) is 3.90. The maximum Gasteiger partial charge on any atom is 0.275 e. The molecule has 0 aromatic carbocycles. The summed E-state index contributed by atoms with van der Waals surface area (Å²) in [5.41, 5.74) is -0.756. The van der Waals surface area contributed by atoms with Crippen molar-refractivity contribution in [3.8, 4) is 5.75 Å². The number of carbonyl (C=O) groups excluding carboxylic acids is 1. The summed E-state index contributed by atoms with van der Waals surface area (Å²) in [6, 6.07) is 1.30. The van der Waals surface area contributed by atoms with E-state index in [1.165, 1.54) is 20.3 Å². The molecule has 2 aliphatic heterocycles. The molecule has 0 saturated carbocycles. The van der Waals surface area contributed by atoms with E-state index < -0.39 is 23.1 Å². The zero-order valence-corrected chi connectivity index (χ0v) is 12.0. The molecule has 1 amide bonds. The van der Waals surface area contributed by atoms with Crippen LogP contribution in [-0.2, 0) is 4.74 Å². The second-order valence-electron chi connectivity index (χ2n) is 5.39. The van der Waals surface area contributed by atoms with Crippen LogP contribution < -0.4 is 20.5 Å². The number of rotatable bonds is 3. The molecule has 3 rings (SSSR count). The number of pyridine rings is 1. The molecule has 3 heterocycles. The highest BCUT2D eigenvalue weighted by Crippen LogP contribution is 2.33. The Hall–Kier alpha value is -2.06. The zero-order chi connectivity index (χ0) is 15.4. The van der Waals surface area contributed by atoms with Gasteiger partial charge in [0.25, 0.3) is 5.91 Å². The lowest BCUT2D eigenvalue weighted by Gasteiger charge is -2.45. The van der Waals surface area contributed by atoms with Crippen molar-refractivity contribution in [2.75, 3.05) is 32.4 Å². The molecule has 1 aromatic rings. The third kappa shape index (κ3) is 1.76. The van der Waals surface area contributed by atoms with Crippen molar-refractivity contribution in [2.45, 2.75) is 18.7 Å². The van der Waals surface area contributed by atoms with Crippen molar-refractivity contribution in [3.63, 3.8) is 0 Å². The Kier molecular flexibility index (Phi) is 2.96. The minimum Gasteiger partial charge on any atom is -0.491 e. The second kappa shape index (κ2) is 4.47. The van der Waals surface area contributed by atoms with Gasteiger partial charge in [-0.3, -0.25) is 14.6 Å². The lowest BCUT2D eigenvalue weighted by Crippen LogP contribution is -2.68. The van der Waals surface area contributed by atoms with Gasteiger partial charge in [0.05, 0.1) is 26.0 Å². The molecule has 1 aromatic heterocycles. The molecule has 0 saturated heterocycles. The van der Waals surface area contributed by atoms with Gasteiger partial charge in [-0.1, -0.05) is 0 Å². The number of aromatic nitrogens is 1. The summed E-state index contributed by atoms with van der Waals surface area (Å²) < 4.78 is 11.8. The fraction of sp³-hybridized carbons (Fsp3) is 0.538. The van der Waals surface area contributed by atoms with Gasteiger partial charge in [0, 0.05) is 13.2 Å². The van der Waals surface area contributed by atoms with Crippen molar-refractivity contribution in [3.05, 3.63) is 27.7 Å². The number of amides is 1. The van der Waals surface area contributed by atoms with Gasteiger partial charge in [-0.05, 0) is 6.92 Å². The molecule has 0 bridgehead atoms. The Morgan fingerprint density at radius 2 is 2.19 bits per heavy atom. The first-order valence-electron chi connectivity index (χ1n) is 6.54. The van der Waals surface area contributed by atoms with Crippen molar-refractivity contribution < 1.29 is 19.4 Å². The van der Waals surface area contributed by atoms with Crippen LogP contribution in [0.15, 0.2) is 10.9 Å². The molecular formula is C13H17N3O5. The Morgan fingerprint density at radius 3 is 2.81 bits per heavy atom. The van der Waals surface area contributed by atoms with E-state index in [4.69, 9.17) is 9.47 Å². The number of nitrogens with one attached hydrogen (secondary N) is 1. The van der Waals surface area contributed by atoms with Gasteiger partial charge < -0.3 is 19.9 Å². The number of nitrogens with zero attached hydrogens (tertiary/aromatic N) is 2. The van der Waals surface area contributed by atoms with E-state index in [1.807, 2.05) is 0 Å². The smallest absolute Gasteiger partial charge is 0.275 e. The van der Waals surface area contributed by atoms with Gasteiger partial charge in [-0.2, -0.15) is 0 Å². The molecule has 114 valence electrons. The summed E-state index contributed by atoms with van der Waals surface area (Å²) in [5.74, 6) is -0.467. The number of carbonyl (C=O) groups is 1. The summed E-state index contributed by atoms with van der Waals surface area (Å²) in [7, 11) is 2.87. The number of hydrogen-bond donors (Lipinski definition) is 2. The topological polar surface area (TPSA) is 93.0 Å². The largest absolute Gasteiger partial charge is 0.491 e. The molecule has 2 unspecified atom stereocenters. The van der Waals surface area contributed by atoms with Crippen LogP contribution in [0.1, 0.15) is 29.2 Å². The summed E-state index contributed by atoms with van der Waals surface area (Å²) in [6.07, 6.45) is -0.855. The van der Waals surface area contributed by atoms with Gasteiger partial charge in [0.2, 0.25) is 5.43 Å². The van der Waals surface area contributed by atoms with Gasteiger partial charge in [0.15, 0.2) is 11.4 Å². The van der Waals surface area contributed by atoms with Crippen LogP contribution in [0.2, 0.25) is 0 Å².